The maximum absolute atomic E-state index is 12.6. The minimum absolute atomic E-state index is 0.00388. The molecule has 3 aromatic rings. The predicted octanol–water partition coefficient (Wildman–Crippen LogP) is 2.78. The molecule has 0 saturated carbocycles. The van der Waals surface area contributed by atoms with E-state index in [4.69, 9.17) is 9.47 Å². The molecule has 1 aromatic carbocycles. The molecule has 0 aliphatic carbocycles. The Hall–Kier alpha value is -3.89. The number of aromatic nitrogens is 2. The Morgan fingerprint density at radius 2 is 1.94 bits per heavy atom. The number of hydrogen-bond donors (Lipinski definition) is 1. The van der Waals surface area contributed by atoms with Crippen LogP contribution >= 0.6 is 0 Å². The molecule has 32 heavy (non-hydrogen) atoms. The van der Waals surface area contributed by atoms with Crippen molar-refractivity contribution in [1.82, 2.24) is 20.2 Å². The van der Waals surface area contributed by atoms with Crippen LogP contribution in [0, 0.1) is 0 Å². The Morgan fingerprint density at radius 3 is 2.66 bits per heavy atom. The van der Waals surface area contributed by atoms with E-state index in [0.717, 1.165) is 12.1 Å². The van der Waals surface area contributed by atoms with E-state index in [1.54, 1.807) is 30.3 Å². The van der Waals surface area contributed by atoms with Crippen LogP contribution in [0.25, 0.3) is 10.9 Å². The van der Waals surface area contributed by atoms with Crippen LogP contribution in [0.2, 0.25) is 0 Å². The zero-order valence-electron chi connectivity index (χ0n) is 16.6. The zero-order valence-corrected chi connectivity index (χ0v) is 16.6. The van der Waals surface area contributed by atoms with Crippen molar-refractivity contribution in [3.8, 4) is 17.5 Å². The molecule has 8 nitrogen and oxygen atoms in total. The van der Waals surface area contributed by atoms with Gasteiger partial charge in [-0.15, -0.1) is 0 Å². The molecule has 2 amide bonds. The van der Waals surface area contributed by atoms with Gasteiger partial charge in [0.25, 0.3) is 5.91 Å². The first-order valence-corrected chi connectivity index (χ1v) is 9.57. The molecule has 1 saturated heterocycles. The van der Waals surface area contributed by atoms with Crippen molar-refractivity contribution in [2.45, 2.75) is 6.18 Å². The Labute approximate surface area is 180 Å². The van der Waals surface area contributed by atoms with E-state index in [1.165, 1.54) is 4.90 Å². The number of rotatable bonds is 5. The van der Waals surface area contributed by atoms with Gasteiger partial charge in [-0.25, -0.2) is 9.97 Å². The van der Waals surface area contributed by atoms with Gasteiger partial charge in [0.2, 0.25) is 17.7 Å². The lowest BCUT2D eigenvalue weighted by atomic mass is 10.2. The minimum Gasteiger partial charge on any atom is -0.468 e. The van der Waals surface area contributed by atoms with Gasteiger partial charge in [-0.05, 0) is 30.3 Å². The van der Waals surface area contributed by atoms with Gasteiger partial charge in [0.15, 0.2) is 6.61 Å². The molecule has 0 radical (unpaired) electrons. The van der Waals surface area contributed by atoms with Crippen molar-refractivity contribution in [3.63, 3.8) is 0 Å². The fraction of sp³-hybridized carbons (Fsp3) is 0.238. The summed E-state index contributed by atoms with van der Waals surface area (Å²) in [5.74, 6) is 0.117. The van der Waals surface area contributed by atoms with Gasteiger partial charge in [-0.1, -0.05) is 0 Å². The number of hydrogen-bond acceptors (Lipinski definition) is 6. The summed E-state index contributed by atoms with van der Waals surface area (Å²) >= 11 is 0. The lowest BCUT2D eigenvalue weighted by molar-refractivity contribution is -0.139. The third-order valence-corrected chi connectivity index (χ3v) is 4.66. The van der Waals surface area contributed by atoms with Gasteiger partial charge in [-0.2, -0.15) is 13.2 Å². The van der Waals surface area contributed by atoms with Gasteiger partial charge in [0, 0.05) is 36.8 Å². The minimum atomic E-state index is -4.47. The summed E-state index contributed by atoms with van der Waals surface area (Å²) in [4.78, 5) is 33.0. The highest BCUT2D eigenvalue weighted by Gasteiger charge is 2.30. The van der Waals surface area contributed by atoms with Crippen LogP contribution in [-0.4, -0.2) is 52.9 Å². The summed E-state index contributed by atoms with van der Waals surface area (Å²) < 4.78 is 48.9. The average Bonchev–Trinajstić information content (AvgIpc) is 2.77. The largest absolute Gasteiger partial charge is 0.468 e. The van der Waals surface area contributed by atoms with Crippen LogP contribution in [-0.2, 0) is 15.8 Å². The molecule has 2 aromatic heterocycles. The first kappa shape index (κ1) is 21.3. The van der Waals surface area contributed by atoms with Crippen molar-refractivity contribution >= 4 is 22.7 Å². The number of pyridine rings is 2. The van der Waals surface area contributed by atoms with E-state index in [0.29, 0.717) is 35.9 Å². The number of piperazine rings is 1. The number of nitrogens with zero attached hydrogens (tertiary/aromatic N) is 3. The summed E-state index contributed by atoms with van der Waals surface area (Å²) in [5, 5.41) is 3.34. The molecular weight excluding hydrogens is 429 g/mol. The van der Waals surface area contributed by atoms with E-state index in [2.05, 4.69) is 15.3 Å². The third kappa shape index (κ3) is 5.05. The second-order valence-electron chi connectivity index (χ2n) is 6.94. The normalized spacial score (nSPS) is 14.2. The Morgan fingerprint density at radius 1 is 1.12 bits per heavy atom. The van der Waals surface area contributed by atoms with E-state index in [9.17, 15) is 22.8 Å². The highest BCUT2D eigenvalue weighted by molar-refractivity contribution is 5.86. The molecular formula is C21H17F3N4O4. The van der Waals surface area contributed by atoms with Crippen molar-refractivity contribution in [3.05, 3.63) is 54.2 Å². The molecule has 1 N–H and O–H groups in total. The van der Waals surface area contributed by atoms with E-state index in [-0.39, 0.29) is 36.7 Å². The Bertz CT molecular complexity index is 1150. The van der Waals surface area contributed by atoms with E-state index < -0.39 is 11.7 Å². The highest BCUT2D eigenvalue weighted by atomic mass is 19.4. The van der Waals surface area contributed by atoms with Crippen molar-refractivity contribution < 1.29 is 32.2 Å². The number of alkyl halides is 3. The number of benzene rings is 1. The van der Waals surface area contributed by atoms with Crippen molar-refractivity contribution in [1.29, 1.82) is 0 Å². The molecule has 0 unspecified atom stereocenters. The lowest BCUT2D eigenvalue weighted by Crippen LogP contribution is -2.51. The molecule has 1 aliphatic heterocycles. The van der Waals surface area contributed by atoms with Gasteiger partial charge >= 0.3 is 6.18 Å². The molecule has 11 heteroatoms. The molecule has 1 aliphatic rings. The molecule has 0 spiro atoms. The van der Waals surface area contributed by atoms with Crippen LogP contribution in [0.4, 0.5) is 13.2 Å². The summed E-state index contributed by atoms with van der Waals surface area (Å²) in [6.45, 7) is 0.595. The Kier molecular flexibility index (Phi) is 5.80. The second-order valence-corrected chi connectivity index (χ2v) is 6.94. The van der Waals surface area contributed by atoms with Crippen molar-refractivity contribution in [2.24, 2.45) is 0 Å². The summed E-state index contributed by atoms with van der Waals surface area (Å²) in [6.07, 6.45) is -3.76. The van der Waals surface area contributed by atoms with Crippen LogP contribution in [0.3, 0.4) is 0 Å². The topological polar surface area (TPSA) is 93.7 Å². The summed E-state index contributed by atoms with van der Waals surface area (Å²) in [7, 11) is 0. The quantitative estimate of drug-likeness (QED) is 0.648. The molecule has 3 heterocycles. The number of carbonyl (C=O) groups excluding carboxylic acids is 2. The number of carbonyl (C=O) groups is 2. The van der Waals surface area contributed by atoms with E-state index in [1.807, 2.05) is 0 Å². The fourth-order valence-corrected chi connectivity index (χ4v) is 3.04. The van der Waals surface area contributed by atoms with Crippen LogP contribution in [0.1, 0.15) is 5.56 Å². The molecule has 0 bridgehead atoms. The number of fused-ring (bicyclic) bond motifs is 1. The molecule has 166 valence electrons. The molecule has 4 rings (SSSR count). The Balaban J connectivity index is 1.39. The third-order valence-electron chi connectivity index (χ3n) is 4.66. The van der Waals surface area contributed by atoms with Crippen LogP contribution in [0.5, 0.6) is 17.5 Å². The maximum atomic E-state index is 12.6. The first-order chi connectivity index (χ1) is 15.3. The number of nitrogens with one attached hydrogen (secondary N) is 1. The maximum Gasteiger partial charge on any atom is 0.417 e. The number of ether oxygens (including phenoxy) is 2. The average molecular weight is 446 g/mol. The molecule has 1 fully saturated rings. The highest BCUT2D eigenvalue weighted by Crippen LogP contribution is 2.30. The van der Waals surface area contributed by atoms with Gasteiger partial charge in [-0.3, -0.25) is 9.59 Å². The van der Waals surface area contributed by atoms with Gasteiger partial charge in [0.1, 0.15) is 5.75 Å². The zero-order chi connectivity index (χ0) is 22.7. The lowest BCUT2D eigenvalue weighted by Gasteiger charge is -2.26. The van der Waals surface area contributed by atoms with Gasteiger partial charge < -0.3 is 19.7 Å². The predicted molar refractivity (Wildman–Crippen MR) is 106 cm³/mol. The first-order valence-electron chi connectivity index (χ1n) is 9.57. The molecule has 0 atom stereocenters. The van der Waals surface area contributed by atoms with Crippen LogP contribution < -0.4 is 14.8 Å². The number of amides is 2. The summed E-state index contributed by atoms with van der Waals surface area (Å²) in [5.41, 5.74) is -0.290. The van der Waals surface area contributed by atoms with Crippen LogP contribution in [0.15, 0.2) is 48.7 Å². The van der Waals surface area contributed by atoms with Crippen molar-refractivity contribution in [2.75, 3.05) is 26.2 Å². The van der Waals surface area contributed by atoms with E-state index >= 15 is 0 Å². The second kappa shape index (κ2) is 8.69. The SMILES string of the molecule is O=C1CN(C(=O)COc2ccc3cc(Oc4ccc(C(F)(F)F)cn4)ccc3n2)CCN1. The monoisotopic (exact) mass is 446 g/mol. The number of halogens is 3. The standard InChI is InChI=1S/C21H17F3N4O4/c22-21(23,24)14-2-6-18(26-10-14)32-15-3-4-16-13(9-15)1-5-19(27-16)31-12-20(30)28-8-7-25-17(29)11-28/h1-6,9-10H,7-8,11-12H2,(H,25,29). The van der Waals surface area contributed by atoms with Gasteiger partial charge in [0.05, 0.1) is 17.6 Å². The summed E-state index contributed by atoms with van der Waals surface area (Å²) in [6, 6.07) is 10.2. The smallest absolute Gasteiger partial charge is 0.417 e. The fourth-order valence-electron chi connectivity index (χ4n) is 3.04.